The molecule has 0 bridgehead atoms. The normalized spacial score (nSPS) is 11.1. The lowest BCUT2D eigenvalue weighted by Crippen LogP contribution is -3.00. The van der Waals surface area contributed by atoms with Crippen LogP contribution in [0, 0.1) is 13.8 Å². The molecule has 98 valence electrons. The van der Waals surface area contributed by atoms with Crippen LogP contribution in [0.2, 0.25) is 0 Å². The number of aryl methyl sites for hydroxylation is 1. The molecule has 0 fully saturated rings. The molecule has 1 N–H and O–H groups in total. The number of aliphatic hydroxyl groups is 1. The zero-order chi connectivity index (χ0) is 12.2. The Bertz CT molecular complexity index is 350. The third kappa shape index (κ3) is 5.19. The van der Waals surface area contributed by atoms with E-state index in [1.165, 1.54) is 16.7 Å². The molecule has 1 aromatic rings. The lowest BCUT2D eigenvalue weighted by molar-refractivity contribution is -0.903. The Labute approximate surface area is 116 Å². The number of quaternary nitrogens is 1. The van der Waals surface area contributed by atoms with Crippen molar-refractivity contribution in [3.63, 3.8) is 0 Å². The van der Waals surface area contributed by atoms with E-state index in [1.807, 2.05) is 0 Å². The van der Waals surface area contributed by atoms with E-state index in [2.05, 4.69) is 46.1 Å². The molecule has 0 radical (unpaired) electrons. The predicted molar refractivity (Wildman–Crippen MR) is 68.3 cm³/mol. The second-order valence-corrected chi connectivity index (χ2v) is 5.25. The number of aliphatic hydroxyl groups excluding tert-OH is 1. The van der Waals surface area contributed by atoms with Gasteiger partial charge in [-0.25, -0.2) is 0 Å². The number of rotatable bonds is 5. The summed E-state index contributed by atoms with van der Waals surface area (Å²) in [6.45, 7) is 6.69. The van der Waals surface area contributed by atoms with Crippen LogP contribution in [-0.4, -0.2) is 36.8 Å². The van der Waals surface area contributed by atoms with Crippen LogP contribution >= 0.6 is 0 Å². The highest BCUT2D eigenvalue weighted by Gasteiger charge is 2.16. The van der Waals surface area contributed by atoms with Gasteiger partial charge in [0.1, 0.15) is 6.54 Å². The van der Waals surface area contributed by atoms with Gasteiger partial charge in [0.25, 0.3) is 0 Å². The molecule has 0 aliphatic rings. The van der Waals surface area contributed by atoms with Gasteiger partial charge in [0, 0.05) is 18.6 Å². The van der Waals surface area contributed by atoms with E-state index in [1.54, 1.807) is 0 Å². The van der Waals surface area contributed by atoms with Gasteiger partial charge in [-0.15, -0.1) is 0 Å². The summed E-state index contributed by atoms with van der Waals surface area (Å²) in [5.74, 6) is 0. The van der Waals surface area contributed by atoms with Crippen molar-refractivity contribution >= 4 is 0 Å². The van der Waals surface area contributed by atoms with Crippen LogP contribution in [0.5, 0.6) is 0 Å². The van der Waals surface area contributed by atoms with Crippen LogP contribution in [0.4, 0.5) is 0 Å². The van der Waals surface area contributed by atoms with Crippen molar-refractivity contribution in [2.75, 3.05) is 27.2 Å². The third-order valence-electron chi connectivity index (χ3n) is 3.24. The molecular formula is C14H24BrNO. The molecular weight excluding hydrogens is 278 g/mol. The van der Waals surface area contributed by atoms with Gasteiger partial charge in [0.15, 0.2) is 0 Å². The van der Waals surface area contributed by atoms with Crippen LogP contribution < -0.4 is 17.0 Å². The van der Waals surface area contributed by atoms with Crippen LogP contribution in [0.1, 0.15) is 23.1 Å². The first-order valence-corrected chi connectivity index (χ1v) is 5.94. The molecule has 0 aromatic heterocycles. The Hall–Kier alpha value is -0.380. The predicted octanol–water partition coefficient (Wildman–Crippen LogP) is -0.734. The molecule has 0 atom stereocenters. The highest BCUT2D eigenvalue weighted by Crippen LogP contribution is 2.17. The summed E-state index contributed by atoms with van der Waals surface area (Å²) in [4.78, 5) is 0. The zero-order valence-electron chi connectivity index (χ0n) is 11.3. The van der Waals surface area contributed by atoms with E-state index in [-0.39, 0.29) is 23.6 Å². The van der Waals surface area contributed by atoms with E-state index < -0.39 is 0 Å². The number of benzene rings is 1. The minimum absolute atomic E-state index is 0. The van der Waals surface area contributed by atoms with Gasteiger partial charge in [0.05, 0.1) is 20.6 Å². The first kappa shape index (κ1) is 16.6. The fraction of sp³-hybridized carbons (Fsp3) is 0.571. The fourth-order valence-electron chi connectivity index (χ4n) is 2.02. The van der Waals surface area contributed by atoms with Gasteiger partial charge in [0.2, 0.25) is 0 Å². The summed E-state index contributed by atoms with van der Waals surface area (Å²) in [7, 11) is 4.44. The SMILES string of the molecule is Cc1cccc(C[N+](C)(C)CCCO)c1C.[Br-]. The maximum absolute atomic E-state index is 8.88. The molecule has 17 heavy (non-hydrogen) atoms. The minimum atomic E-state index is 0. The van der Waals surface area contributed by atoms with Crippen molar-refractivity contribution in [3.05, 3.63) is 34.9 Å². The quantitative estimate of drug-likeness (QED) is 0.711. The Kier molecular flexibility index (Phi) is 6.98. The molecule has 2 nitrogen and oxygen atoms in total. The summed E-state index contributed by atoms with van der Waals surface area (Å²) in [5, 5.41) is 8.88. The second kappa shape index (κ2) is 7.14. The number of hydrogen-bond acceptors (Lipinski definition) is 1. The van der Waals surface area contributed by atoms with E-state index >= 15 is 0 Å². The van der Waals surface area contributed by atoms with E-state index in [0.717, 1.165) is 24.0 Å². The van der Waals surface area contributed by atoms with E-state index in [4.69, 9.17) is 5.11 Å². The molecule has 0 amide bonds. The van der Waals surface area contributed by atoms with Crippen molar-refractivity contribution in [1.82, 2.24) is 0 Å². The van der Waals surface area contributed by atoms with Gasteiger partial charge in [-0.05, 0) is 25.0 Å². The monoisotopic (exact) mass is 301 g/mol. The summed E-state index contributed by atoms with van der Waals surface area (Å²) < 4.78 is 0.935. The molecule has 1 rings (SSSR count). The maximum Gasteiger partial charge on any atom is 0.104 e. The molecule has 0 spiro atoms. The van der Waals surface area contributed by atoms with Crippen molar-refractivity contribution in [2.24, 2.45) is 0 Å². The molecule has 0 saturated carbocycles. The average Bonchev–Trinajstić information content (AvgIpc) is 2.22. The molecule has 1 aromatic carbocycles. The highest BCUT2D eigenvalue weighted by molar-refractivity contribution is 5.32. The van der Waals surface area contributed by atoms with Crippen molar-refractivity contribution in [2.45, 2.75) is 26.8 Å². The van der Waals surface area contributed by atoms with Gasteiger partial charge >= 0.3 is 0 Å². The Balaban J connectivity index is 0.00000256. The van der Waals surface area contributed by atoms with Gasteiger partial charge in [-0.1, -0.05) is 18.2 Å². The van der Waals surface area contributed by atoms with Gasteiger partial charge < -0.3 is 26.6 Å². The second-order valence-electron chi connectivity index (χ2n) is 5.25. The van der Waals surface area contributed by atoms with Crippen molar-refractivity contribution in [1.29, 1.82) is 0 Å². The maximum atomic E-state index is 8.88. The number of halogens is 1. The number of hydrogen-bond donors (Lipinski definition) is 1. The van der Waals surface area contributed by atoms with E-state index in [0.29, 0.717) is 0 Å². The molecule has 0 unspecified atom stereocenters. The summed E-state index contributed by atoms with van der Waals surface area (Å²) in [6, 6.07) is 6.50. The summed E-state index contributed by atoms with van der Waals surface area (Å²) >= 11 is 0. The van der Waals surface area contributed by atoms with Crippen LogP contribution in [0.25, 0.3) is 0 Å². The van der Waals surface area contributed by atoms with Crippen molar-refractivity contribution in [3.8, 4) is 0 Å². The molecule has 0 aliphatic carbocycles. The Morgan fingerprint density at radius 1 is 1.18 bits per heavy atom. The standard InChI is InChI=1S/C14H24NO.BrH/c1-12-7-5-8-14(13(12)2)11-15(3,4)9-6-10-16;/h5,7-8,16H,6,9-11H2,1-4H3;1H/q+1;/p-1. The number of nitrogens with zero attached hydrogens (tertiary/aromatic N) is 1. The molecule has 0 heterocycles. The largest absolute Gasteiger partial charge is 1.00 e. The summed E-state index contributed by atoms with van der Waals surface area (Å²) in [6.07, 6.45) is 0.873. The Morgan fingerprint density at radius 2 is 1.82 bits per heavy atom. The van der Waals surface area contributed by atoms with E-state index in [9.17, 15) is 0 Å². The fourth-order valence-corrected chi connectivity index (χ4v) is 2.02. The topological polar surface area (TPSA) is 20.2 Å². The Morgan fingerprint density at radius 3 is 2.41 bits per heavy atom. The average molecular weight is 302 g/mol. The third-order valence-corrected chi connectivity index (χ3v) is 3.24. The zero-order valence-corrected chi connectivity index (χ0v) is 12.9. The molecule has 0 saturated heterocycles. The lowest BCUT2D eigenvalue weighted by atomic mass is 10.0. The lowest BCUT2D eigenvalue weighted by Gasteiger charge is -2.30. The first-order chi connectivity index (χ1) is 7.46. The van der Waals surface area contributed by atoms with Crippen LogP contribution in [0.15, 0.2) is 18.2 Å². The minimum Gasteiger partial charge on any atom is -1.00 e. The van der Waals surface area contributed by atoms with Gasteiger partial charge in [-0.3, -0.25) is 0 Å². The highest BCUT2D eigenvalue weighted by atomic mass is 79.9. The van der Waals surface area contributed by atoms with Crippen molar-refractivity contribution < 1.29 is 26.6 Å². The smallest absolute Gasteiger partial charge is 0.104 e. The summed E-state index contributed by atoms with van der Waals surface area (Å²) in [5.41, 5.74) is 4.18. The molecule has 3 heteroatoms. The van der Waals surface area contributed by atoms with Gasteiger partial charge in [-0.2, -0.15) is 0 Å². The van der Waals surface area contributed by atoms with Crippen LogP contribution in [0.3, 0.4) is 0 Å². The molecule has 0 aliphatic heterocycles. The van der Waals surface area contributed by atoms with Crippen LogP contribution in [-0.2, 0) is 6.54 Å². The first-order valence-electron chi connectivity index (χ1n) is 5.94.